The van der Waals surface area contributed by atoms with Crippen LogP contribution in [0.15, 0.2) is 194 Å². The van der Waals surface area contributed by atoms with Gasteiger partial charge in [0.15, 0.2) is 0 Å². The molecule has 0 aliphatic rings. The van der Waals surface area contributed by atoms with Gasteiger partial charge in [0, 0.05) is 21.9 Å². The van der Waals surface area contributed by atoms with Crippen LogP contribution in [-0.2, 0) is 0 Å². The van der Waals surface area contributed by atoms with Crippen molar-refractivity contribution < 1.29 is 0 Å². The lowest BCUT2D eigenvalue weighted by Crippen LogP contribution is -1.98. The SMILES string of the molecule is N#Cc1cc(-c2cccc(-c3c4ccccc4c(-c4ccccc4)c4ccccc34)c2)ccc1-c1ccccc1-n1c2ccccc2c2ccccc21. The summed E-state index contributed by atoms with van der Waals surface area (Å²) in [5.74, 6) is 0. The molecule has 2 heteroatoms. The highest BCUT2D eigenvalue weighted by Gasteiger charge is 2.19. The fourth-order valence-electron chi connectivity index (χ4n) is 8.34. The van der Waals surface area contributed by atoms with Gasteiger partial charge in [0.2, 0.25) is 0 Å². The van der Waals surface area contributed by atoms with E-state index in [4.69, 9.17) is 0 Å². The first-order chi connectivity index (χ1) is 26.3. The molecular formula is C51H32N2. The third kappa shape index (κ3) is 4.94. The molecule has 0 amide bonds. The van der Waals surface area contributed by atoms with Crippen LogP contribution >= 0.6 is 0 Å². The molecule has 2 nitrogen and oxygen atoms in total. The maximum Gasteiger partial charge on any atom is 0.0998 e. The molecule has 10 aromatic rings. The van der Waals surface area contributed by atoms with E-state index in [1.54, 1.807) is 0 Å². The first-order valence-corrected chi connectivity index (χ1v) is 18.0. The Morgan fingerprint density at radius 3 is 1.43 bits per heavy atom. The zero-order chi connectivity index (χ0) is 35.3. The van der Waals surface area contributed by atoms with Crippen LogP contribution in [0.5, 0.6) is 0 Å². The van der Waals surface area contributed by atoms with Crippen LogP contribution in [0.2, 0.25) is 0 Å². The Morgan fingerprint density at radius 1 is 0.340 bits per heavy atom. The van der Waals surface area contributed by atoms with Crippen molar-refractivity contribution in [3.63, 3.8) is 0 Å². The van der Waals surface area contributed by atoms with Crippen LogP contribution in [-0.4, -0.2) is 4.57 Å². The van der Waals surface area contributed by atoms with E-state index in [1.807, 2.05) is 6.07 Å². The fourth-order valence-corrected chi connectivity index (χ4v) is 8.34. The largest absolute Gasteiger partial charge is 0.309 e. The van der Waals surface area contributed by atoms with Crippen LogP contribution in [0, 0.1) is 11.3 Å². The molecule has 0 bridgehead atoms. The Kier molecular flexibility index (Phi) is 7.23. The summed E-state index contributed by atoms with van der Waals surface area (Å²) in [6.07, 6.45) is 0. The first-order valence-electron chi connectivity index (χ1n) is 18.0. The van der Waals surface area contributed by atoms with Crippen LogP contribution in [0.1, 0.15) is 5.56 Å². The minimum atomic E-state index is 0.643. The van der Waals surface area contributed by atoms with Crippen molar-refractivity contribution in [2.45, 2.75) is 0 Å². The summed E-state index contributed by atoms with van der Waals surface area (Å²) in [4.78, 5) is 0. The standard InChI is InChI=1S/C51H32N2/c52-33-38-32-36(29-30-39(38)40-19-8-11-26-47(40)53-48-27-12-9-20-41(48)42-21-10-13-28-49(42)53)35-17-14-18-37(31-35)51-45-24-6-4-22-43(45)50(34-15-2-1-3-16-34)44-23-5-7-25-46(44)51/h1-32H. The second-order valence-electron chi connectivity index (χ2n) is 13.5. The number of nitriles is 1. The number of para-hydroxylation sites is 3. The van der Waals surface area contributed by atoms with Gasteiger partial charge in [-0.3, -0.25) is 0 Å². The third-order valence-electron chi connectivity index (χ3n) is 10.6. The molecule has 10 rings (SSSR count). The van der Waals surface area contributed by atoms with E-state index in [-0.39, 0.29) is 0 Å². The summed E-state index contributed by atoms with van der Waals surface area (Å²) in [5, 5.41) is 18.0. The number of hydrogen-bond acceptors (Lipinski definition) is 1. The van der Waals surface area contributed by atoms with Gasteiger partial charge in [-0.15, -0.1) is 0 Å². The first kappa shape index (κ1) is 30.6. The van der Waals surface area contributed by atoms with Crippen molar-refractivity contribution in [1.82, 2.24) is 4.57 Å². The number of nitrogens with zero attached hydrogens (tertiary/aromatic N) is 2. The quantitative estimate of drug-likeness (QED) is 0.167. The molecule has 0 saturated carbocycles. The maximum absolute atomic E-state index is 10.6. The van der Waals surface area contributed by atoms with Gasteiger partial charge in [-0.05, 0) is 85.3 Å². The molecule has 0 aliphatic carbocycles. The van der Waals surface area contributed by atoms with Crippen molar-refractivity contribution in [3.8, 4) is 56.3 Å². The molecule has 0 unspecified atom stereocenters. The maximum atomic E-state index is 10.6. The number of fused-ring (bicyclic) bond motifs is 5. The summed E-state index contributed by atoms with van der Waals surface area (Å²) in [6, 6.07) is 71.4. The average Bonchev–Trinajstić information content (AvgIpc) is 3.57. The number of benzene rings is 9. The van der Waals surface area contributed by atoms with Crippen molar-refractivity contribution in [2.75, 3.05) is 0 Å². The zero-order valence-electron chi connectivity index (χ0n) is 28.9. The lowest BCUT2D eigenvalue weighted by atomic mass is 9.85. The monoisotopic (exact) mass is 672 g/mol. The van der Waals surface area contributed by atoms with Gasteiger partial charge >= 0.3 is 0 Å². The van der Waals surface area contributed by atoms with E-state index in [1.165, 1.54) is 49.0 Å². The minimum Gasteiger partial charge on any atom is -0.309 e. The van der Waals surface area contributed by atoms with Gasteiger partial charge in [-0.1, -0.05) is 164 Å². The molecule has 9 aromatic carbocycles. The van der Waals surface area contributed by atoms with E-state index in [0.29, 0.717) is 5.56 Å². The average molecular weight is 673 g/mol. The normalized spacial score (nSPS) is 11.4. The predicted molar refractivity (Wildman–Crippen MR) is 222 cm³/mol. The lowest BCUT2D eigenvalue weighted by molar-refractivity contribution is 1.18. The molecule has 246 valence electrons. The van der Waals surface area contributed by atoms with Crippen molar-refractivity contribution >= 4 is 43.4 Å². The molecule has 0 saturated heterocycles. The summed E-state index contributed by atoms with van der Waals surface area (Å²) in [6.45, 7) is 0. The second-order valence-corrected chi connectivity index (χ2v) is 13.5. The van der Waals surface area contributed by atoms with Gasteiger partial charge in [-0.2, -0.15) is 5.26 Å². The van der Waals surface area contributed by atoms with Gasteiger partial charge in [-0.25, -0.2) is 0 Å². The van der Waals surface area contributed by atoms with Crippen LogP contribution in [0.3, 0.4) is 0 Å². The molecule has 0 radical (unpaired) electrons. The Hall–Kier alpha value is -7.21. The molecule has 53 heavy (non-hydrogen) atoms. The smallest absolute Gasteiger partial charge is 0.0998 e. The molecule has 0 aliphatic heterocycles. The summed E-state index contributed by atoms with van der Waals surface area (Å²) in [7, 11) is 0. The molecular weight excluding hydrogens is 641 g/mol. The zero-order valence-corrected chi connectivity index (χ0v) is 28.9. The van der Waals surface area contributed by atoms with Crippen molar-refractivity contribution in [3.05, 3.63) is 200 Å². The van der Waals surface area contributed by atoms with Gasteiger partial charge in [0.1, 0.15) is 0 Å². The Labute approximate surface area is 308 Å². The molecule has 1 aromatic heterocycles. The van der Waals surface area contributed by atoms with Gasteiger partial charge in [0.05, 0.1) is 28.4 Å². The van der Waals surface area contributed by atoms with E-state index in [2.05, 4.69) is 199 Å². The summed E-state index contributed by atoms with van der Waals surface area (Å²) in [5.41, 5.74) is 12.8. The molecule has 1 heterocycles. The molecule has 0 spiro atoms. The van der Waals surface area contributed by atoms with Gasteiger partial charge in [0.25, 0.3) is 0 Å². The van der Waals surface area contributed by atoms with E-state index in [9.17, 15) is 5.26 Å². The third-order valence-corrected chi connectivity index (χ3v) is 10.6. The number of rotatable bonds is 5. The highest BCUT2D eigenvalue weighted by atomic mass is 15.0. The van der Waals surface area contributed by atoms with Crippen LogP contribution in [0.25, 0.3) is 93.5 Å². The Balaban J connectivity index is 1.12. The molecule has 0 fully saturated rings. The number of hydrogen-bond donors (Lipinski definition) is 0. The number of aromatic nitrogens is 1. The lowest BCUT2D eigenvalue weighted by Gasteiger charge is -2.18. The molecule has 0 N–H and O–H groups in total. The highest BCUT2D eigenvalue weighted by Crippen LogP contribution is 2.44. The topological polar surface area (TPSA) is 28.7 Å². The van der Waals surface area contributed by atoms with E-state index < -0.39 is 0 Å². The highest BCUT2D eigenvalue weighted by molar-refractivity contribution is 6.21. The fraction of sp³-hybridized carbons (Fsp3) is 0. The van der Waals surface area contributed by atoms with Crippen LogP contribution in [0.4, 0.5) is 0 Å². The minimum absolute atomic E-state index is 0.643. The van der Waals surface area contributed by atoms with Crippen LogP contribution < -0.4 is 0 Å². The van der Waals surface area contributed by atoms with E-state index >= 15 is 0 Å². The molecule has 0 atom stereocenters. The van der Waals surface area contributed by atoms with Crippen molar-refractivity contribution in [1.29, 1.82) is 5.26 Å². The Morgan fingerprint density at radius 2 is 0.811 bits per heavy atom. The summed E-state index contributed by atoms with van der Waals surface area (Å²) >= 11 is 0. The summed E-state index contributed by atoms with van der Waals surface area (Å²) < 4.78 is 2.33. The van der Waals surface area contributed by atoms with E-state index in [0.717, 1.165) is 44.5 Å². The van der Waals surface area contributed by atoms with Gasteiger partial charge < -0.3 is 4.57 Å². The second kappa shape index (κ2) is 12.5. The predicted octanol–water partition coefficient (Wildman–Crippen LogP) is 13.6. The Bertz CT molecular complexity index is 2960. The van der Waals surface area contributed by atoms with Crippen molar-refractivity contribution in [2.24, 2.45) is 0 Å².